The Hall–Kier alpha value is 0.488. The molecule has 6 heteroatoms. The van der Waals surface area contributed by atoms with Gasteiger partial charge in [-0.05, 0) is 22.1 Å². The Morgan fingerprint density at radius 3 is 1.92 bits per heavy atom. The van der Waals surface area contributed by atoms with E-state index in [1.54, 1.807) is 0 Å². The van der Waals surface area contributed by atoms with E-state index in [1.165, 1.54) is 5.56 Å². The summed E-state index contributed by atoms with van der Waals surface area (Å²) >= 11 is 0. The van der Waals surface area contributed by atoms with Crippen molar-refractivity contribution in [2.45, 2.75) is 39.3 Å². The van der Waals surface area contributed by atoms with Gasteiger partial charge >= 0.3 is 0 Å². The van der Waals surface area contributed by atoms with Crippen molar-refractivity contribution in [3.05, 3.63) is 76.5 Å². The molecule has 0 spiro atoms. The van der Waals surface area contributed by atoms with E-state index in [2.05, 4.69) is 62.6 Å². The quantitative estimate of drug-likeness (QED) is 0.448. The average Bonchev–Trinajstić information content (AvgIpc) is 2.46. The van der Waals surface area contributed by atoms with E-state index in [4.69, 9.17) is 11.6 Å². The summed E-state index contributed by atoms with van der Waals surface area (Å²) in [7, 11) is 0. The molecule has 0 amide bonds. The van der Waals surface area contributed by atoms with Crippen LogP contribution < -0.4 is 5.84 Å². The Morgan fingerprint density at radius 1 is 0.917 bits per heavy atom. The SMILES string of the molecule is CC(C)(C)c1ccc(-c2cc(C[NH-])cc(C[N-]N)c2)cc1.[NH2-].[Y].[Y]. The van der Waals surface area contributed by atoms with Crippen LogP contribution >= 0.6 is 0 Å². The summed E-state index contributed by atoms with van der Waals surface area (Å²) in [4.78, 5) is 0. The summed E-state index contributed by atoms with van der Waals surface area (Å²) in [5.41, 5.74) is 17.1. The van der Waals surface area contributed by atoms with Crippen molar-refractivity contribution in [1.29, 1.82) is 0 Å². The summed E-state index contributed by atoms with van der Waals surface area (Å²) in [6.45, 7) is 7.39. The van der Waals surface area contributed by atoms with Crippen molar-refractivity contribution < 1.29 is 65.4 Å². The molecule has 2 aromatic carbocycles. The van der Waals surface area contributed by atoms with Crippen molar-refractivity contribution in [3.8, 4) is 11.1 Å². The minimum absolute atomic E-state index is 0. The first-order valence-corrected chi connectivity index (χ1v) is 7.19. The molecule has 126 valence electrons. The van der Waals surface area contributed by atoms with Crippen molar-refractivity contribution in [2.24, 2.45) is 5.84 Å². The minimum atomic E-state index is 0. The van der Waals surface area contributed by atoms with Crippen LogP contribution in [0.15, 0.2) is 42.5 Å². The molecule has 0 heterocycles. The van der Waals surface area contributed by atoms with Gasteiger partial charge in [0.15, 0.2) is 0 Å². The molecule has 0 aliphatic rings. The summed E-state index contributed by atoms with van der Waals surface area (Å²) in [5, 5.41) is 0. The third-order valence-corrected chi connectivity index (χ3v) is 3.61. The first-order chi connectivity index (χ1) is 9.94. The predicted molar refractivity (Wildman–Crippen MR) is 95.1 cm³/mol. The van der Waals surface area contributed by atoms with Crippen LogP contribution in [0.1, 0.15) is 37.5 Å². The van der Waals surface area contributed by atoms with E-state index in [1.807, 2.05) is 6.07 Å². The smallest absolute Gasteiger partial charge is 0 e. The summed E-state index contributed by atoms with van der Waals surface area (Å²) < 4.78 is 0. The van der Waals surface area contributed by atoms with Gasteiger partial charge in [-0.1, -0.05) is 74.4 Å². The van der Waals surface area contributed by atoms with Crippen LogP contribution in [-0.4, -0.2) is 0 Å². The van der Waals surface area contributed by atoms with Crippen molar-refractivity contribution in [1.82, 2.24) is 0 Å². The fourth-order valence-corrected chi connectivity index (χ4v) is 2.39. The standard InChI is InChI=1S/C18H23N3.H2N.2Y/c1-18(2,3)17-6-4-15(5-7-17)16-9-13(11-19)8-14(10-16)12-21-20;;;/h4-10,19H,11-12,20H2,1-3H3;1H2;;/q-2;-1;;. The van der Waals surface area contributed by atoms with Gasteiger partial charge in [0, 0.05) is 65.4 Å². The molecule has 0 saturated carbocycles. The summed E-state index contributed by atoms with van der Waals surface area (Å²) in [6.07, 6.45) is 0. The van der Waals surface area contributed by atoms with Crippen LogP contribution in [0.5, 0.6) is 0 Å². The normalized spacial score (nSPS) is 10.2. The topological polar surface area (TPSA) is 97.4 Å². The van der Waals surface area contributed by atoms with Crippen LogP contribution in [0.25, 0.3) is 28.4 Å². The van der Waals surface area contributed by atoms with Crippen molar-refractivity contribution >= 4 is 0 Å². The average molecular weight is 475 g/mol. The monoisotopic (exact) mass is 475 g/mol. The van der Waals surface area contributed by atoms with Crippen LogP contribution in [0.4, 0.5) is 0 Å². The number of nitrogens with zero attached hydrogens (tertiary/aromatic N) is 1. The summed E-state index contributed by atoms with van der Waals surface area (Å²) in [6, 6.07) is 14.8. The number of rotatable bonds is 4. The third-order valence-electron chi connectivity index (χ3n) is 3.61. The van der Waals surface area contributed by atoms with E-state index < -0.39 is 0 Å². The molecular weight excluding hydrogens is 450 g/mol. The molecule has 0 unspecified atom stereocenters. The molecule has 4 nitrogen and oxygen atoms in total. The molecule has 0 aliphatic carbocycles. The fourth-order valence-electron chi connectivity index (χ4n) is 2.39. The van der Waals surface area contributed by atoms with E-state index in [0.717, 1.165) is 22.3 Å². The van der Waals surface area contributed by atoms with E-state index >= 15 is 0 Å². The van der Waals surface area contributed by atoms with Gasteiger partial charge in [-0.25, -0.2) is 0 Å². The van der Waals surface area contributed by atoms with Gasteiger partial charge in [0.1, 0.15) is 0 Å². The maximum absolute atomic E-state index is 7.59. The van der Waals surface area contributed by atoms with Crippen LogP contribution in [0.3, 0.4) is 0 Å². The molecular formula is C18H25N4Y2-3. The molecule has 0 fully saturated rings. The summed E-state index contributed by atoms with van der Waals surface area (Å²) in [5.74, 6) is 5.29. The first kappa shape index (κ1) is 26.7. The van der Waals surface area contributed by atoms with E-state index in [9.17, 15) is 0 Å². The second-order valence-corrected chi connectivity index (χ2v) is 6.38. The molecule has 24 heavy (non-hydrogen) atoms. The zero-order valence-electron chi connectivity index (χ0n) is 14.7. The predicted octanol–water partition coefficient (Wildman–Crippen LogP) is 5.66. The van der Waals surface area contributed by atoms with Gasteiger partial charge < -0.3 is 23.2 Å². The number of nitrogens with one attached hydrogen (secondary N) is 1. The van der Waals surface area contributed by atoms with Crippen molar-refractivity contribution in [2.75, 3.05) is 0 Å². The number of benzene rings is 2. The van der Waals surface area contributed by atoms with Crippen LogP contribution in [-0.2, 0) is 83.9 Å². The maximum atomic E-state index is 7.59. The fraction of sp³-hybridized carbons (Fsp3) is 0.333. The van der Waals surface area contributed by atoms with Gasteiger partial charge in [0.2, 0.25) is 0 Å². The molecule has 5 N–H and O–H groups in total. The Labute approximate surface area is 196 Å². The number of hydrogen-bond acceptors (Lipinski definition) is 1. The second kappa shape index (κ2) is 12.0. The molecule has 0 atom stereocenters. The Kier molecular flexibility index (Phi) is 13.3. The second-order valence-electron chi connectivity index (χ2n) is 6.38. The first-order valence-electron chi connectivity index (χ1n) is 7.19. The van der Waals surface area contributed by atoms with Gasteiger partial charge in [-0.15, -0.1) is 13.1 Å². The van der Waals surface area contributed by atoms with Crippen LogP contribution in [0.2, 0.25) is 0 Å². The molecule has 2 aromatic rings. The van der Waals surface area contributed by atoms with E-state index in [-0.39, 0.29) is 83.5 Å². The van der Waals surface area contributed by atoms with E-state index in [0.29, 0.717) is 6.54 Å². The van der Waals surface area contributed by atoms with Gasteiger partial charge in [0.25, 0.3) is 0 Å². The Balaban J connectivity index is 0. The minimum Gasteiger partial charge on any atom is -0.693 e. The molecule has 0 aliphatic heterocycles. The zero-order valence-corrected chi connectivity index (χ0v) is 20.4. The molecule has 0 saturated heterocycles. The van der Waals surface area contributed by atoms with Gasteiger partial charge in [-0.3, -0.25) is 0 Å². The molecule has 0 aromatic heterocycles. The molecule has 2 rings (SSSR count). The number of nitrogens with two attached hydrogens (primary N) is 2. The Bertz CT molecular complexity index is 607. The van der Waals surface area contributed by atoms with Gasteiger partial charge in [0.05, 0.1) is 0 Å². The third kappa shape index (κ3) is 7.39. The maximum Gasteiger partial charge on any atom is 0 e. The zero-order chi connectivity index (χ0) is 15.5. The van der Waals surface area contributed by atoms with Gasteiger partial charge in [-0.2, -0.15) is 0 Å². The van der Waals surface area contributed by atoms with Crippen molar-refractivity contribution in [3.63, 3.8) is 0 Å². The molecule has 2 radical (unpaired) electrons. The molecule has 0 bridgehead atoms. The number of hydrogen-bond donors (Lipinski definition) is 1. The van der Waals surface area contributed by atoms with Crippen LogP contribution in [0, 0.1) is 0 Å². The Morgan fingerprint density at radius 2 is 1.46 bits per heavy atom. The largest absolute Gasteiger partial charge is 0.693 e.